The third-order valence-corrected chi connectivity index (χ3v) is 3.40. The number of hydrogen-bond acceptors (Lipinski definition) is 5. The van der Waals surface area contributed by atoms with Crippen LogP contribution in [0.4, 0.5) is 0 Å². The monoisotopic (exact) mass is 288 g/mol. The van der Waals surface area contributed by atoms with Gasteiger partial charge in [0.2, 0.25) is 0 Å². The predicted octanol–water partition coefficient (Wildman–Crippen LogP) is 2.31. The first kappa shape index (κ1) is 18.9. The second-order valence-corrected chi connectivity index (χ2v) is 5.88. The molecule has 0 heterocycles. The normalized spacial score (nSPS) is 12.4. The lowest BCUT2D eigenvalue weighted by Crippen LogP contribution is -2.47. The van der Waals surface area contributed by atoms with E-state index in [0.29, 0.717) is 6.42 Å². The number of aliphatic hydroxyl groups is 1. The maximum Gasteiger partial charge on any atom is 0.323 e. The van der Waals surface area contributed by atoms with Gasteiger partial charge in [-0.25, -0.2) is 0 Å². The summed E-state index contributed by atoms with van der Waals surface area (Å²) < 4.78 is 10.2. The van der Waals surface area contributed by atoms with Gasteiger partial charge in [-0.3, -0.25) is 9.59 Å². The van der Waals surface area contributed by atoms with E-state index in [1.807, 2.05) is 0 Å². The van der Waals surface area contributed by atoms with E-state index < -0.39 is 23.0 Å². The molecule has 0 radical (unpaired) electrons. The van der Waals surface area contributed by atoms with E-state index in [-0.39, 0.29) is 25.6 Å². The highest BCUT2D eigenvalue weighted by Crippen LogP contribution is 2.38. The van der Waals surface area contributed by atoms with Gasteiger partial charge in [-0.2, -0.15) is 0 Å². The molecule has 0 aliphatic rings. The van der Waals surface area contributed by atoms with Gasteiger partial charge in [0.1, 0.15) is 0 Å². The Kier molecular flexibility index (Phi) is 7.20. The van der Waals surface area contributed by atoms with Crippen LogP contribution < -0.4 is 0 Å². The molecule has 0 spiro atoms. The molecule has 0 unspecified atom stereocenters. The van der Waals surface area contributed by atoms with Crippen molar-refractivity contribution < 1.29 is 24.2 Å². The molecule has 1 N–H and O–H groups in total. The molecule has 0 fully saturated rings. The molecule has 0 aliphatic heterocycles. The summed E-state index contributed by atoms with van der Waals surface area (Å²) in [6.45, 7) is 10.7. The SMILES string of the molecule is CCOC(=O)C(CCC(C)(C)O)(C(=O)OCC)C(C)C. The molecule has 0 atom stereocenters. The number of carbonyl (C=O) groups is 2. The Morgan fingerprint density at radius 2 is 1.40 bits per heavy atom. The molecule has 20 heavy (non-hydrogen) atoms. The van der Waals surface area contributed by atoms with E-state index in [1.165, 1.54) is 0 Å². The fourth-order valence-corrected chi connectivity index (χ4v) is 2.07. The van der Waals surface area contributed by atoms with Gasteiger partial charge in [-0.15, -0.1) is 0 Å². The molecule has 0 aromatic rings. The van der Waals surface area contributed by atoms with Crippen molar-refractivity contribution in [1.82, 2.24) is 0 Å². The van der Waals surface area contributed by atoms with Crippen LogP contribution in [0, 0.1) is 11.3 Å². The molecule has 0 aliphatic carbocycles. The lowest BCUT2D eigenvalue weighted by molar-refractivity contribution is -0.177. The lowest BCUT2D eigenvalue weighted by atomic mass is 9.72. The Morgan fingerprint density at radius 3 is 1.65 bits per heavy atom. The van der Waals surface area contributed by atoms with Crippen molar-refractivity contribution in [1.29, 1.82) is 0 Å². The van der Waals surface area contributed by atoms with Gasteiger partial charge < -0.3 is 14.6 Å². The molecular weight excluding hydrogens is 260 g/mol. The fraction of sp³-hybridized carbons (Fsp3) is 0.867. The first-order chi connectivity index (χ1) is 9.11. The minimum atomic E-state index is -1.36. The van der Waals surface area contributed by atoms with Crippen LogP contribution in [0.3, 0.4) is 0 Å². The van der Waals surface area contributed by atoms with Gasteiger partial charge in [0.05, 0.1) is 18.8 Å². The second-order valence-electron chi connectivity index (χ2n) is 5.88. The van der Waals surface area contributed by atoms with Crippen LogP contribution in [-0.2, 0) is 19.1 Å². The van der Waals surface area contributed by atoms with E-state index >= 15 is 0 Å². The Morgan fingerprint density at radius 1 is 1.00 bits per heavy atom. The van der Waals surface area contributed by atoms with Gasteiger partial charge >= 0.3 is 11.9 Å². The van der Waals surface area contributed by atoms with Crippen molar-refractivity contribution in [3.63, 3.8) is 0 Å². The summed E-state index contributed by atoms with van der Waals surface area (Å²) in [5.41, 5.74) is -2.31. The zero-order valence-electron chi connectivity index (χ0n) is 13.5. The van der Waals surface area contributed by atoms with Gasteiger partial charge in [-0.1, -0.05) is 13.8 Å². The number of carbonyl (C=O) groups excluding carboxylic acids is 2. The van der Waals surface area contributed by atoms with Gasteiger partial charge in [0.15, 0.2) is 5.41 Å². The van der Waals surface area contributed by atoms with Crippen molar-refractivity contribution in [2.24, 2.45) is 11.3 Å². The predicted molar refractivity (Wildman–Crippen MR) is 76.1 cm³/mol. The Labute approximate surface area is 121 Å². The summed E-state index contributed by atoms with van der Waals surface area (Å²) in [6.07, 6.45) is 0.509. The van der Waals surface area contributed by atoms with Crippen LogP contribution in [0.15, 0.2) is 0 Å². The second kappa shape index (κ2) is 7.62. The first-order valence-corrected chi connectivity index (χ1v) is 7.18. The summed E-state index contributed by atoms with van der Waals surface area (Å²) in [4.78, 5) is 24.7. The molecule has 0 rings (SSSR count). The molecule has 118 valence electrons. The third-order valence-electron chi connectivity index (χ3n) is 3.40. The van der Waals surface area contributed by atoms with Crippen LogP contribution in [0.5, 0.6) is 0 Å². The van der Waals surface area contributed by atoms with Crippen molar-refractivity contribution >= 4 is 11.9 Å². The summed E-state index contributed by atoms with van der Waals surface area (Å²) in [7, 11) is 0. The lowest BCUT2D eigenvalue weighted by Gasteiger charge is -2.34. The van der Waals surface area contributed by atoms with Gasteiger partial charge in [0.25, 0.3) is 0 Å². The zero-order valence-corrected chi connectivity index (χ0v) is 13.5. The quantitative estimate of drug-likeness (QED) is 0.548. The molecule has 0 aromatic heterocycles. The Hall–Kier alpha value is -1.10. The average molecular weight is 288 g/mol. The van der Waals surface area contributed by atoms with Crippen LogP contribution in [0.2, 0.25) is 0 Å². The van der Waals surface area contributed by atoms with Crippen molar-refractivity contribution in [3.05, 3.63) is 0 Å². The molecule has 0 saturated carbocycles. The third kappa shape index (κ3) is 4.78. The maximum absolute atomic E-state index is 12.3. The summed E-state index contributed by atoms with van der Waals surface area (Å²) in [5.74, 6) is -1.42. The maximum atomic E-state index is 12.3. The number of ether oxygens (including phenoxy) is 2. The largest absolute Gasteiger partial charge is 0.465 e. The number of rotatable bonds is 8. The zero-order chi connectivity index (χ0) is 16.0. The van der Waals surface area contributed by atoms with Crippen molar-refractivity contribution in [2.75, 3.05) is 13.2 Å². The summed E-state index contributed by atoms with van der Waals surface area (Å²) in [6, 6.07) is 0. The van der Waals surface area contributed by atoms with Crippen LogP contribution >= 0.6 is 0 Å². The topological polar surface area (TPSA) is 72.8 Å². The highest BCUT2D eigenvalue weighted by Gasteiger charge is 2.51. The van der Waals surface area contributed by atoms with E-state index in [1.54, 1.807) is 41.5 Å². The molecular formula is C15H28O5. The van der Waals surface area contributed by atoms with E-state index in [2.05, 4.69) is 0 Å². The van der Waals surface area contributed by atoms with E-state index in [4.69, 9.17) is 9.47 Å². The molecule has 0 aromatic carbocycles. The Balaban J connectivity index is 5.45. The smallest absolute Gasteiger partial charge is 0.323 e. The molecule has 0 bridgehead atoms. The molecule has 0 amide bonds. The number of hydrogen-bond donors (Lipinski definition) is 1. The Bertz CT molecular complexity index is 310. The van der Waals surface area contributed by atoms with Crippen molar-refractivity contribution in [3.8, 4) is 0 Å². The van der Waals surface area contributed by atoms with Crippen LogP contribution in [0.1, 0.15) is 54.4 Å². The molecule has 0 saturated heterocycles. The van der Waals surface area contributed by atoms with Crippen LogP contribution in [0.25, 0.3) is 0 Å². The average Bonchev–Trinajstić information content (AvgIpc) is 2.28. The summed E-state index contributed by atoms with van der Waals surface area (Å²) in [5, 5.41) is 9.88. The van der Waals surface area contributed by atoms with Gasteiger partial charge in [-0.05, 0) is 46.5 Å². The highest BCUT2D eigenvalue weighted by atomic mass is 16.6. The van der Waals surface area contributed by atoms with Crippen LogP contribution in [-0.4, -0.2) is 35.9 Å². The minimum Gasteiger partial charge on any atom is -0.465 e. The standard InChI is InChI=1S/C15H28O5/c1-7-19-12(16)15(11(3)4,13(17)20-8-2)10-9-14(5,6)18/h11,18H,7-10H2,1-6H3. The van der Waals surface area contributed by atoms with E-state index in [9.17, 15) is 14.7 Å². The summed E-state index contributed by atoms with van der Waals surface area (Å²) >= 11 is 0. The van der Waals surface area contributed by atoms with E-state index in [0.717, 1.165) is 0 Å². The van der Waals surface area contributed by atoms with Crippen molar-refractivity contribution in [2.45, 2.75) is 60.0 Å². The highest BCUT2D eigenvalue weighted by molar-refractivity contribution is 6.00. The first-order valence-electron chi connectivity index (χ1n) is 7.18. The molecule has 5 heteroatoms. The fourth-order valence-electron chi connectivity index (χ4n) is 2.07. The molecule has 5 nitrogen and oxygen atoms in total. The minimum absolute atomic E-state index is 0.200. The van der Waals surface area contributed by atoms with Gasteiger partial charge in [0, 0.05) is 0 Å². The number of esters is 2.